The molecule has 9 heteroatoms. The molecule has 0 saturated carbocycles. The molecule has 58 heavy (non-hydrogen) atoms. The fraction of sp³-hybridized carbons (Fsp3) is 0.347. The number of benzene rings is 4. The van der Waals surface area contributed by atoms with E-state index in [1.54, 1.807) is 26.0 Å². The van der Waals surface area contributed by atoms with Crippen molar-refractivity contribution in [3.8, 4) is 12.1 Å². The molecule has 0 aliphatic heterocycles. The fourth-order valence-corrected chi connectivity index (χ4v) is 6.51. The molecule has 302 valence electrons. The molecule has 0 N–H and O–H groups in total. The van der Waals surface area contributed by atoms with E-state index in [0.717, 1.165) is 93.6 Å². The summed E-state index contributed by atoms with van der Waals surface area (Å²) in [6, 6.07) is 40.8. The van der Waals surface area contributed by atoms with Crippen LogP contribution in [0.5, 0.6) is 0 Å². The number of carbonyl (C=O) groups excluding carboxylic acids is 2. The van der Waals surface area contributed by atoms with Crippen LogP contribution in [0.2, 0.25) is 0 Å². The van der Waals surface area contributed by atoms with Gasteiger partial charge < -0.3 is 24.0 Å². The lowest BCUT2D eigenvalue weighted by molar-refractivity contribution is -0.138. The molecule has 4 aromatic carbocycles. The average Bonchev–Trinajstić information content (AvgIpc) is 3.26. The summed E-state index contributed by atoms with van der Waals surface area (Å²) in [6.45, 7) is 8.36. The molecule has 0 saturated heterocycles. The number of anilines is 2. The number of carbonyl (C=O) groups is 2. The Bertz CT molecular complexity index is 1820. The molecule has 0 spiro atoms. The molecule has 0 radical (unpaired) electrons. The average molecular weight is 781 g/mol. The van der Waals surface area contributed by atoms with Crippen LogP contribution in [-0.4, -0.2) is 64.5 Å². The van der Waals surface area contributed by atoms with Gasteiger partial charge in [0.2, 0.25) is 0 Å². The molecule has 0 aliphatic carbocycles. The van der Waals surface area contributed by atoms with Crippen molar-refractivity contribution >= 4 is 35.5 Å². The Morgan fingerprint density at radius 1 is 0.534 bits per heavy atom. The minimum atomic E-state index is -0.620. The monoisotopic (exact) mass is 780 g/mol. The third-order valence-electron chi connectivity index (χ3n) is 9.56. The molecule has 0 aromatic heterocycles. The Kier molecular flexibility index (Phi) is 19.9. The second-order valence-electron chi connectivity index (χ2n) is 13.8. The third kappa shape index (κ3) is 15.8. The van der Waals surface area contributed by atoms with Crippen LogP contribution in [0.1, 0.15) is 68.2 Å². The first kappa shape index (κ1) is 44.6. The van der Waals surface area contributed by atoms with Crippen molar-refractivity contribution in [2.24, 2.45) is 0 Å². The van der Waals surface area contributed by atoms with Crippen LogP contribution < -0.4 is 9.80 Å². The number of hydrogen-bond acceptors (Lipinski definition) is 9. The van der Waals surface area contributed by atoms with Crippen molar-refractivity contribution in [3.05, 3.63) is 143 Å². The Morgan fingerprint density at radius 3 is 1.36 bits per heavy atom. The quantitative estimate of drug-likeness (QED) is 0.0281. The van der Waals surface area contributed by atoms with Crippen molar-refractivity contribution in [1.29, 1.82) is 10.5 Å². The number of rotatable bonds is 25. The van der Waals surface area contributed by atoms with Gasteiger partial charge in [-0.05, 0) is 117 Å². The first-order valence-corrected chi connectivity index (χ1v) is 20.4. The standard InChI is InChI=1S/C49H56N4O5/c1-3-57-48(54)44(38-50)36-42-22-26-46(27-23-42)52(30-13-11-20-40-16-7-5-8-17-40)32-15-34-56-35-33-53(31-14-12-21-41-18-9-6-10-19-41)47-28-24-43(25-29-47)37-45(39-51)49(55)58-4-2/h5-10,16-19,22-29,36-37H,3-4,11-15,20-21,30-35H2,1-2H3/b44-36+,45-37+. The van der Waals surface area contributed by atoms with Gasteiger partial charge in [0.1, 0.15) is 23.3 Å². The third-order valence-corrected chi connectivity index (χ3v) is 9.56. The molecule has 0 atom stereocenters. The van der Waals surface area contributed by atoms with Gasteiger partial charge in [-0.25, -0.2) is 9.59 Å². The highest BCUT2D eigenvalue weighted by molar-refractivity contribution is 5.98. The van der Waals surface area contributed by atoms with Gasteiger partial charge >= 0.3 is 11.9 Å². The minimum absolute atomic E-state index is 0.0235. The van der Waals surface area contributed by atoms with E-state index in [9.17, 15) is 20.1 Å². The number of nitrogens with zero attached hydrogens (tertiary/aromatic N) is 4. The van der Waals surface area contributed by atoms with Gasteiger partial charge in [-0.15, -0.1) is 0 Å². The zero-order valence-electron chi connectivity index (χ0n) is 34.0. The van der Waals surface area contributed by atoms with Crippen LogP contribution in [0.25, 0.3) is 12.2 Å². The predicted molar refractivity (Wildman–Crippen MR) is 232 cm³/mol. The van der Waals surface area contributed by atoms with Crippen LogP contribution >= 0.6 is 0 Å². The molecule has 0 heterocycles. The van der Waals surface area contributed by atoms with Crippen molar-refractivity contribution in [3.63, 3.8) is 0 Å². The zero-order valence-corrected chi connectivity index (χ0v) is 34.0. The van der Waals surface area contributed by atoms with Gasteiger partial charge in [0.15, 0.2) is 0 Å². The molecule has 4 rings (SSSR count). The van der Waals surface area contributed by atoms with E-state index in [1.165, 1.54) is 11.1 Å². The Morgan fingerprint density at radius 2 is 0.948 bits per heavy atom. The lowest BCUT2D eigenvalue weighted by atomic mass is 10.1. The maximum absolute atomic E-state index is 12.1. The smallest absolute Gasteiger partial charge is 0.348 e. The van der Waals surface area contributed by atoms with Gasteiger partial charge in [-0.3, -0.25) is 0 Å². The highest BCUT2D eigenvalue weighted by Crippen LogP contribution is 2.21. The summed E-state index contributed by atoms with van der Waals surface area (Å²) < 4.78 is 16.3. The van der Waals surface area contributed by atoms with E-state index in [4.69, 9.17) is 14.2 Å². The Hall–Kier alpha value is -6.16. The van der Waals surface area contributed by atoms with E-state index in [-0.39, 0.29) is 24.4 Å². The van der Waals surface area contributed by atoms with Crippen molar-refractivity contribution in [2.75, 3.05) is 62.4 Å². The summed E-state index contributed by atoms with van der Waals surface area (Å²) in [4.78, 5) is 29.0. The lowest BCUT2D eigenvalue weighted by Gasteiger charge is -2.26. The molecule has 0 aliphatic rings. The summed E-state index contributed by atoms with van der Waals surface area (Å²) in [5.74, 6) is -1.24. The van der Waals surface area contributed by atoms with E-state index in [1.807, 2.05) is 72.8 Å². The highest BCUT2D eigenvalue weighted by Gasteiger charge is 2.13. The van der Waals surface area contributed by atoms with Crippen LogP contribution in [0.4, 0.5) is 11.4 Å². The van der Waals surface area contributed by atoms with E-state index >= 15 is 0 Å². The molecular weight excluding hydrogens is 725 g/mol. The lowest BCUT2D eigenvalue weighted by Crippen LogP contribution is -2.29. The number of esters is 2. The summed E-state index contributed by atoms with van der Waals surface area (Å²) in [5, 5.41) is 18.9. The largest absolute Gasteiger partial charge is 0.462 e. The van der Waals surface area contributed by atoms with E-state index in [2.05, 4.69) is 58.3 Å². The number of unbranched alkanes of at least 4 members (excludes halogenated alkanes) is 2. The van der Waals surface area contributed by atoms with Crippen LogP contribution in [0.3, 0.4) is 0 Å². The zero-order chi connectivity index (χ0) is 41.2. The second kappa shape index (κ2) is 25.9. The Balaban J connectivity index is 1.35. The Labute approximate surface area is 344 Å². The van der Waals surface area contributed by atoms with Crippen LogP contribution in [0.15, 0.2) is 120 Å². The fourth-order valence-electron chi connectivity index (χ4n) is 6.51. The van der Waals surface area contributed by atoms with E-state index < -0.39 is 11.9 Å². The molecule has 0 bridgehead atoms. The first-order chi connectivity index (χ1) is 28.4. The molecule has 0 unspecified atom stereocenters. The molecule has 9 nitrogen and oxygen atoms in total. The van der Waals surface area contributed by atoms with Gasteiger partial charge in [0.05, 0.1) is 19.8 Å². The molecular formula is C49H56N4O5. The maximum Gasteiger partial charge on any atom is 0.348 e. The summed E-state index contributed by atoms with van der Waals surface area (Å²) in [5.41, 5.74) is 6.28. The molecule has 0 fully saturated rings. The second-order valence-corrected chi connectivity index (χ2v) is 13.8. The van der Waals surface area contributed by atoms with E-state index in [0.29, 0.717) is 13.2 Å². The topological polar surface area (TPSA) is 116 Å². The minimum Gasteiger partial charge on any atom is -0.462 e. The van der Waals surface area contributed by atoms with Crippen LogP contribution in [0, 0.1) is 22.7 Å². The van der Waals surface area contributed by atoms with Crippen molar-refractivity contribution in [1.82, 2.24) is 0 Å². The molecule has 0 amide bonds. The maximum atomic E-state index is 12.1. The van der Waals surface area contributed by atoms with Gasteiger partial charge in [-0.1, -0.05) is 84.9 Å². The predicted octanol–water partition coefficient (Wildman–Crippen LogP) is 9.39. The summed E-state index contributed by atoms with van der Waals surface area (Å²) in [7, 11) is 0. The summed E-state index contributed by atoms with van der Waals surface area (Å²) in [6.07, 6.45) is 10.2. The first-order valence-electron chi connectivity index (χ1n) is 20.4. The van der Waals surface area contributed by atoms with Crippen molar-refractivity contribution in [2.45, 2.75) is 58.8 Å². The van der Waals surface area contributed by atoms with Gasteiger partial charge in [0.25, 0.3) is 0 Å². The number of aryl methyl sites for hydroxylation is 2. The number of nitriles is 2. The normalized spacial score (nSPS) is 11.3. The van der Waals surface area contributed by atoms with Gasteiger partial charge in [0, 0.05) is 44.2 Å². The number of ether oxygens (including phenoxy) is 3. The van der Waals surface area contributed by atoms with Crippen LogP contribution in [-0.2, 0) is 36.6 Å². The summed E-state index contributed by atoms with van der Waals surface area (Å²) >= 11 is 0. The number of hydrogen-bond donors (Lipinski definition) is 0. The van der Waals surface area contributed by atoms with Crippen molar-refractivity contribution < 1.29 is 23.8 Å². The van der Waals surface area contributed by atoms with Gasteiger partial charge in [-0.2, -0.15) is 10.5 Å². The molecule has 4 aromatic rings. The highest BCUT2D eigenvalue weighted by atomic mass is 16.5. The SMILES string of the molecule is CCOC(=O)/C(C#N)=C/c1ccc(N(CCCCc2ccccc2)CCCOCCN(CCCCc2ccccc2)c2ccc(/C=C(\C#N)C(=O)OCC)cc2)cc1.